The normalized spacial score (nSPS) is 11.4. The third-order valence-corrected chi connectivity index (χ3v) is 8.12. The van der Waals surface area contributed by atoms with Crippen LogP contribution in [0.3, 0.4) is 0 Å². The topological polar surface area (TPSA) is 42.4 Å². The van der Waals surface area contributed by atoms with E-state index < -0.39 is 8.16 Å². The van der Waals surface area contributed by atoms with Gasteiger partial charge in [0.05, 0.1) is 6.54 Å². The number of aromatic nitrogens is 1. The van der Waals surface area contributed by atoms with Crippen molar-refractivity contribution in [2.45, 2.75) is 6.54 Å². The molecule has 7 rings (SSSR count). The first-order valence-corrected chi connectivity index (χ1v) is 13.4. The van der Waals surface area contributed by atoms with Crippen LogP contribution in [0.4, 0.5) is 5.82 Å². The van der Waals surface area contributed by atoms with E-state index in [1.165, 1.54) is 10.8 Å². The maximum atomic E-state index is 6.81. The zero-order valence-electron chi connectivity index (χ0n) is 20.0. The molecule has 0 fully saturated rings. The number of anilines is 1. The Labute approximate surface area is 215 Å². The minimum atomic E-state index is -1.57. The van der Waals surface area contributed by atoms with Gasteiger partial charge in [0.15, 0.2) is 0 Å². The number of rotatable bonds is 4. The summed E-state index contributed by atoms with van der Waals surface area (Å²) in [5, 5.41) is 6.75. The van der Waals surface area contributed by atoms with Crippen molar-refractivity contribution < 1.29 is 8.39 Å². The van der Waals surface area contributed by atoms with Gasteiger partial charge >= 0.3 is 8.16 Å². The van der Waals surface area contributed by atoms with Gasteiger partial charge in [-0.15, -0.1) is 0 Å². The summed E-state index contributed by atoms with van der Waals surface area (Å²) in [6.45, 7) is 0.607. The van der Waals surface area contributed by atoms with Crippen molar-refractivity contribution in [3.63, 3.8) is 0 Å². The predicted molar refractivity (Wildman–Crippen MR) is 154 cm³/mol. The van der Waals surface area contributed by atoms with Crippen molar-refractivity contribution in [2.24, 2.45) is 0 Å². The number of benzene rings is 5. The van der Waals surface area contributed by atoms with Crippen LogP contribution in [0.1, 0.15) is 5.56 Å². The summed E-state index contributed by atoms with van der Waals surface area (Å²) >= 11 is 0. The van der Waals surface area contributed by atoms with Crippen molar-refractivity contribution in [1.29, 1.82) is 0 Å². The number of pyridine rings is 1. The molecule has 2 heterocycles. The van der Waals surface area contributed by atoms with Gasteiger partial charge in [0.1, 0.15) is 17.0 Å². The molecule has 5 heteroatoms. The molecule has 0 amide bonds. The zero-order valence-corrected chi connectivity index (χ0v) is 20.9. The van der Waals surface area contributed by atoms with E-state index in [0.29, 0.717) is 6.54 Å². The predicted octanol–water partition coefficient (Wildman–Crippen LogP) is 9.46. The first kappa shape index (κ1) is 21.7. The Morgan fingerprint density at radius 2 is 1.14 bits per heavy atom. The molecule has 0 aliphatic heterocycles. The Balaban J connectivity index is 1.61. The van der Waals surface area contributed by atoms with Crippen LogP contribution in [-0.2, 0) is 6.54 Å². The summed E-state index contributed by atoms with van der Waals surface area (Å²) in [6, 6.07) is 41.6. The maximum absolute atomic E-state index is 6.81. The standard InChI is InChI=1S/C32H23N2O2P/c1-2-10-23(11-3-1)22-34(30-16-8-9-21-33-30)37-35-28-19-17-24-12-4-6-14-26(24)31(28)32-27-15-7-5-13-25(27)18-20-29(32)36-37/h1-21H,22H2. The molecule has 0 saturated heterocycles. The summed E-state index contributed by atoms with van der Waals surface area (Å²) in [5.41, 5.74) is 2.78. The molecule has 0 aliphatic carbocycles. The molecular weight excluding hydrogens is 475 g/mol. The molecule has 178 valence electrons. The first-order chi connectivity index (χ1) is 18.3. The molecule has 7 aromatic rings. The highest BCUT2D eigenvalue weighted by Crippen LogP contribution is 2.44. The molecule has 37 heavy (non-hydrogen) atoms. The van der Waals surface area contributed by atoms with Gasteiger partial charge in [-0.1, -0.05) is 97.1 Å². The van der Waals surface area contributed by atoms with Crippen molar-refractivity contribution in [3.8, 4) is 0 Å². The van der Waals surface area contributed by atoms with Gasteiger partial charge in [-0.25, -0.2) is 4.98 Å². The highest BCUT2D eigenvalue weighted by molar-refractivity contribution is 7.39. The SMILES string of the molecule is c1ccc(CN(c2ccccn2)p2oc3ccc4ccccc4c3c3c(ccc4ccccc43)o2)cc1. The number of hydrogen-bond acceptors (Lipinski definition) is 4. The van der Waals surface area contributed by atoms with Crippen molar-refractivity contribution in [2.75, 3.05) is 4.67 Å². The van der Waals surface area contributed by atoms with Crippen molar-refractivity contribution in [1.82, 2.24) is 4.98 Å². The Morgan fingerprint density at radius 3 is 1.73 bits per heavy atom. The van der Waals surface area contributed by atoms with E-state index in [9.17, 15) is 0 Å². The fourth-order valence-electron chi connectivity index (χ4n) is 4.94. The highest BCUT2D eigenvalue weighted by Gasteiger charge is 2.19. The van der Waals surface area contributed by atoms with Crippen molar-refractivity contribution in [3.05, 3.63) is 133 Å². The summed E-state index contributed by atoms with van der Waals surface area (Å²) in [4.78, 5) is 4.67. The van der Waals surface area contributed by atoms with Gasteiger partial charge in [-0.05, 0) is 51.4 Å². The van der Waals surface area contributed by atoms with Gasteiger partial charge < -0.3 is 8.39 Å². The van der Waals surface area contributed by atoms with Crippen molar-refractivity contribution >= 4 is 57.5 Å². The van der Waals surface area contributed by atoms with E-state index in [1.807, 2.05) is 30.5 Å². The van der Waals surface area contributed by atoms with Crippen LogP contribution in [0.5, 0.6) is 0 Å². The summed E-state index contributed by atoms with van der Waals surface area (Å²) in [7, 11) is -1.57. The molecule has 0 N–H and O–H groups in total. The van der Waals surface area contributed by atoms with Crippen LogP contribution < -0.4 is 4.67 Å². The Hall–Kier alpha value is -4.53. The zero-order chi connectivity index (χ0) is 24.6. The molecule has 0 unspecified atom stereocenters. The van der Waals surface area contributed by atoms with Crippen LogP contribution in [0.25, 0.3) is 43.5 Å². The van der Waals surface area contributed by atoms with Gasteiger partial charge in [-0.3, -0.25) is 4.67 Å². The first-order valence-electron chi connectivity index (χ1n) is 12.3. The number of nitrogens with zero attached hydrogens (tertiary/aromatic N) is 2. The lowest BCUT2D eigenvalue weighted by Crippen LogP contribution is -2.13. The fraction of sp³-hybridized carbons (Fsp3) is 0.0312. The molecular formula is C32H23N2O2P. The highest BCUT2D eigenvalue weighted by atomic mass is 31.1. The summed E-state index contributed by atoms with van der Waals surface area (Å²) in [6.07, 6.45) is 1.81. The molecule has 0 spiro atoms. The van der Waals surface area contributed by atoms with E-state index >= 15 is 0 Å². The second kappa shape index (κ2) is 9.16. The van der Waals surface area contributed by atoms with Gasteiger partial charge in [0.2, 0.25) is 0 Å². The Kier molecular flexibility index (Phi) is 5.38. The maximum Gasteiger partial charge on any atom is 0.343 e. The second-order valence-electron chi connectivity index (χ2n) is 8.97. The van der Waals surface area contributed by atoms with E-state index in [-0.39, 0.29) is 0 Å². The quantitative estimate of drug-likeness (QED) is 0.242. The van der Waals surface area contributed by atoms with Crippen LogP contribution in [0.15, 0.2) is 136 Å². The third kappa shape index (κ3) is 3.92. The minimum absolute atomic E-state index is 0.607. The molecule has 0 atom stereocenters. The van der Waals surface area contributed by atoms with Gasteiger partial charge in [0, 0.05) is 17.0 Å². The van der Waals surface area contributed by atoms with Crippen LogP contribution in [-0.4, -0.2) is 4.98 Å². The lowest BCUT2D eigenvalue weighted by molar-refractivity contribution is 0.631. The van der Waals surface area contributed by atoms with Gasteiger partial charge in [0.25, 0.3) is 0 Å². The number of fused-ring (bicyclic) bond motifs is 7. The Morgan fingerprint density at radius 1 is 0.568 bits per heavy atom. The molecule has 0 aliphatic rings. The molecule has 5 aromatic carbocycles. The van der Waals surface area contributed by atoms with E-state index in [2.05, 4.69) is 107 Å². The molecule has 2 aromatic heterocycles. The smallest absolute Gasteiger partial charge is 0.343 e. The molecule has 0 bridgehead atoms. The van der Waals surface area contributed by atoms with E-state index in [0.717, 1.165) is 44.1 Å². The average Bonchev–Trinajstić information content (AvgIpc) is 3.14. The Bertz CT molecular complexity index is 1820. The van der Waals surface area contributed by atoms with E-state index in [1.54, 1.807) is 0 Å². The van der Waals surface area contributed by atoms with Gasteiger partial charge in [-0.2, -0.15) is 0 Å². The fourth-order valence-corrected chi connectivity index (χ4v) is 6.38. The lowest BCUT2D eigenvalue weighted by atomic mass is 9.99. The number of hydrogen-bond donors (Lipinski definition) is 0. The van der Waals surface area contributed by atoms with Crippen LogP contribution in [0.2, 0.25) is 0 Å². The second-order valence-corrected chi connectivity index (χ2v) is 10.3. The lowest BCUT2D eigenvalue weighted by Gasteiger charge is -2.19. The minimum Gasteiger partial charge on any atom is -0.404 e. The largest absolute Gasteiger partial charge is 0.404 e. The molecule has 0 saturated carbocycles. The summed E-state index contributed by atoms with van der Waals surface area (Å²) < 4.78 is 15.8. The third-order valence-electron chi connectivity index (χ3n) is 6.67. The average molecular weight is 499 g/mol. The molecule has 4 nitrogen and oxygen atoms in total. The molecule has 0 radical (unpaired) electrons. The van der Waals surface area contributed by atoms with E-state index in [4.69, 9.17) is 8.39 Å². The van der Waals surface area contributed by atoms with Crippen LogP contribution in [0, 0.1) is 0 Å². The van der Waals surface area contributed by atoms with Crippen LogP contribution >= 0.6 is 8.16 Å². The summed E-state index contributed by atoms with van der Waals surface area (Å²) in [5.74, 6) is 0.809. The monoisotopic (exact) mass is 498 g/mol.